The molecule has 2 aliphatic rings. The van der Waals surface area contributed by atoms with Gasteiger partial charge in [-0.2, -0.15) is 0 Å². The summed E-state index contributed by atoms with van der Waals surface area (Å²) in [4.78, 5) is 4.40. The highest BCUT2D eigenvalue weighted by molar-refractivity contribution is 5.55. The van der Waals surface area contributed by atoms with Crippen LogP contribution in [-0.2, 0) is 16.9 Å². The van der Waals surface area contributed by atoms with Gasteiger partial charge < -0.3 is 19.4 Å². The van der Waals surface area contributed by atoms with Crippen molar-refractivity contribution in [2.75, 3.05) is 13.2 Å². The second-order valence-electron chi connectivity index (χ2n) is 5.61. The van der Waals surface area contributed by atoms with Crippen LogP contribution in [0, 0.1) is 0 Å². The minimum atomic E-state index is -0.926. The normalized spacial score (nSPS) is 21.6. The van der Waals surface area contributed by atoms with Crippen LogP contribution in [0.2, 0.25) is 0 Å². The van der Waals surface area contributed by atoms with Crippen LogP contribution >= 0.6 is 0 Å². The molecule has 0 radical (unpaired) electrons. The second-order valence-corrected chi connectivity index (χ2v) is 5.61. The summed E-state index contributed by atoms with van der Waals surface area (Å²) in [6, 6.07) is 2.06. The molecule has 100 valence electrons. The maximum absolute atomic E-state index is 10.5. The molecule has 0 aromatic carbocycles. The van der Waals surface area contributed by atoms with Crippen LogP contribution in [0.25, 0.3) is 5.65 Å². The molecule has 2 N–H and O–H groups in total. The molecule has 0 atom stereocenters. The maximum atomic E-state index is 10.5. The molecular weight excluding hydrogens is 244 g/mol. The molecule has 5 heteroatoms. The summed E-state index contributed by atoms with van der Waals surface area (Å²) >= 11 is 0. The van der Waals surface area contributed by atoms with Crippen molar-refractivity contribution in [2.45, 2.75) is 31.0 Å². The topological polar surface area (TPSA) is 67.0 Å². The Labute approximate surface area is 110 Å². The molecule has 0 bridgehead atoms. The van der Waals surface area contributed by atoms with Crippen LogP contribution < -0.4 is 0 Å². The van der Waals surface area contributed by atoms with Gasteiger partial charge in [0.1, 0.15) is 11.2 Å². The minimum absolute atomic E-state index is 0.0885. The van der Waals surface area contributed by atoms with Gasteiger partial charge in [-0.25, -0.2) is 4.98 Å². The lowest BCUT2D eigenvalue weighted by Gasteiger charge is -2.37. The Bertz CT molecular complexity index is 641. The highest BCUT2D eigenvalue weighted by Crippen LogP contribution is 2.42. The summed E-state index contributed by atoms with van der Waals surface area (Å²) < 4.78 is 7.08. The number of hydrogen-bond donors (Lipinski definition) is 2. The zero-order chi connectivity index (χ0) is 13.0. The van der Waals surface area contributed by atoms with E-state index in [9.17, 15) is 10.2 Å². The SMILES string of the molecule is OCc1cn2cc(C3CC3)cc(C3(O)COC3)c2n1. The molecule has 1 saturated carbocycles. The molecule has 1 aliphatic carbocycles. The van der Waals surface area contributed by atoms with Gasteiger partial charge in [-0.05, 0) is 30.4 Å². The van der Waals surface area contributed by atoms with Gasteiger partial charge in [0.2, 0.25) is 0 Å². The van der Waals surface area contributed by atoms with Crippen LogP contribution in [0.4, 0.5) is 0 Å². The van der Waals surface area contributed by atoms with E-state index in [0.29, 0.717) is 24.8 Å². The number of aliphatic hydroxyl groups excluding tert-OH is 1. The second kappa shape index (κ2) is 3.79. The minimum Gasteiger partial charge on any atom is -0.390 e. The monoisotopic (exact) mass is 260 g/mol. The molecule has 4 rings (SSSR count). The first-order valence-corrected chi connectivity index (χ1v) is 6.62. The van der Waals surface area contributed by atoms with Crippen molar-refractivity contribution < 1.29 is 14.9 Å². The number of pyridine rings is 1. The highest BCUT2D eigenvalue weighted by Gasteiger charge is 2.41. The number of rotatable bonds is 3. The molecule has 2 fully saturated rings. The number of aliphatic hydroxyl groups is 2. The van der Waals surface area contributed by atoms with E-state index < -0.39 is 5.60 Å². The number of fused-ring (bicyclic) bond motifs is 1. The van der Waals surface area contributed by atoms with E-state index in [1.54, 1.807) is 0 Å². The van der Waals surface area contributed by atoms with Crippen molar-refractivity contribution in [3.05, 3.63) is 35.3 Å². The Kier molecular flexibility index (Phi) is 2.27. The Morgan fingerprint density at radius 2 is 2.16 bits per heavy atom. The van der Waals surface area contributed by atoms with Crippen molar-refractivity contribution in [3.63, 3.8) is 0 Å². The quantitative estimate of drug-likeness (QED) is 0.861. The third kappa shape index (κ3) is 1.69. The Hall–Kier alpha value is -1.43. The third-order valence-corrected chi connectivity index (χ3v) is 4.02. The molecule has 2 aromatic rings. The van der Waals surface area contributed by atoms with Crippen LogP contribution in [0.5, 0.6) is 0 Å². The van der Waals surface area contributed by atoms with Gasteiger partial charge in [0.25, 0.3) is 0 Å². The van der Waals surface area contributed by atoms with Gasteiger partial charge in [-0.1, -0.05) is 0 Å². The molecule has 5 nitrogen and oxygen atoms in total. The van der Waals surface area contributed by atoms with Crippen molar-refractivity contribution in [1.29, 1.82) is 0 Å². The number of aromatic nitrogens is 2. The Morgan fingerprint density at radius 1 is 1.37 bits per heavy atom. The zero-order valence-electron chi connectivity index (χ0n) is 10.5. The molecule has 1 aliphatic heterocycles. The fourth-order valence-electron chi connectivity index (χ4n) is 2.68. The van der Waals surface area contributed by atoms with Crippen molar-refractivity contribution in [1.82, 2.24) is 9.38 Å². The lowest BCUT2D eigenvalue weighted by Crippen LogP contribution is -2.46. The van der Waals surface area contributed by atoms with Crippen LogP contribution in [-0.4, -0.2) is 32.8 Å². The summed E-state index contributed by atoms with van der Waals surface area (Å²) in [6.45, 7) is 0.547. The maximum Gasteiger partial charge on any atom is 0.143 e. The van der Waals surface area contributed by atoms with Crippen LogP contribution in [0.3, 0.4) is 0 Å². The van der Waals surface area contributed by atoms with E-state index in [2.05, 4.69) is 17.2 Å². The molecule has 19 heavy (non-hydrogen) atoms. The predicted octanol–water partition coefficient (Wildman–Crippen LogP) is 0.922. The third-order valence-electron chi connectivity index (χ3n) is 4.02. The van der Waals surface area contributed by atoms with Crippen molar-refractivity contribution >= 4 is 5.65 Å². The van der Waals surface area contributed by atoms with E-state index in [4.69, 9.17) is 4.74 Å². The van der Waals surface area contributed by atoms with Crippen molar-refractivity contribution in [2.24, 2.45) is 0 Å². The molecule has 0 spiro atoms. The summed E-state index contributed by atoms with van der Waals surface area (Å²) in [5.74, 6) is 0.604. The number of nitrogens with zero attached hydrogens (tertiary/aromatic N) is 2. The summed E-state index contributed by atoms with van der Waals surface area (Å²) in [5, 5.41) is 19.8. The summed E-state index contributed by atoms with van der Waals surface area (Å²) in [5.41, 5.74) is 2.48. The van der Waals surface area contributed by atoms with Gasteiger partial charge in [-0.3, -0.25) is 0 Å². The van der Waals surface area contributed by atoms with Crippen molar-refractivity contribution in [3.8, 4) is 0 Å². The highest BCUT2D eigenvalue weighted by atomic mass is 16.5. The van der Waals surface area contributed by atoms with E-state index >= 15 is 0 Å². The summed E-state index contributed by atoms with van der Waals surface area (Å²) in [7, 11) is 0. The van der Waals surface area contributed by atoms with Gasteiger partial charge in [0, 0.05) is 18.0 Å². The lowest BCUT2D eigenvalue weighted by molar-refractivity contribution is -0.184. The summed E-state index contributed by atoms with van der Waals surface area (Å²) in [6.07, 6.45) is 6.31. The Balaban J connectivity index is 1.94. The van der Waals surface area contributed by atoms with Crippen LogP contribution in [0.1, 0.15) is 35.6 Å². The van der Waals surface area contributed by atoms with E-state index in [0.717, 1.165) is 11.2 Å². The fourth-order valence-corrected chi connectivity index (χ4v) is 2.68. The van der Waals surface area contributed by atoms with E-state index in [-0.39, 0.29) is 6.61 Å². The first-order valence-electron chi connectivity index (χ1n) is 6.62. The number of ether oxygens (including phenoxy) is 1. The average Bonchev–Trinajstić information content (AvgIpc) is 3.14. The molecule has 3 heterocycles. The largest absolute Gasteiger partial charge is 0.390 e. The molecular formula is C14H16N2O3. The van der Waals surface area contributed by atoms with Gasteiger partial charge in [-0.15, -0.1) is 0 Å². The van der Waals surface area contributed by atoms with Gasteiger partial charge >= 0.3 is 0 Å². The molecule has 2 aromatic heterocycles. The number of imidazole rings is 1. The predicted molar refractivity (Wildman–Crippen MR) is 67.8 cm³/mol. The zero-order valence-corrected chi connectivity index (χ0v) is 10.5. The Morgan fingerprint density at radius 3 is 2.74 bits per heavy atom. The number of hydrogen-bond acceptors (Lipinski definition) is 4. The smallest absolute Gasteiger partial charge is 0.143 e. The lowest BCUT2D eigenvalue weighted by atomic mass is 9.91. The van der Waals surface area contributed by atoms with E-state index in [1.807, 2.05) is 10.6 Å². The van der Waals surface area contributed by atoms with Crippen LogP contribution in [0.15, 0.2) is 18.5 Å². The fraction of sp³-hybridized carbons (Fsp3) is 0.500. The molecule has 0 unspecified atom stereocenters. The average molecular weight is 260 g/mol. The van der Waals surface area contributed by atoms with E-state index in [1.165, 1.54) is 18.4 Å². The van der Waals surface area contributed by atoms with Gasteiger partial charge in [0.15, 0.2) is 0 Å². The first-order chi connectivity index (χ1) is 9.19. The van der Waals surface area contributed by atoms with Gasteiger partial charge in [0.05, 0.1) is 25.5 Å². The molecule has 0 amide bonds. The molecule has 1 saturated heterocycles. The standard InChI is InChI=1S/C14H16N2O3/c17-6-11-5-16-4-10(9-1-2-9)3-12(13(16)15-11)14(18)7-19-8-14/h3-5,9,17-18H,1-2,6-8H2. The first kappa shape index (κ1) is 11.4.